The van der Waals surface area contributed by atoms with Crippen molar-refractivity contribution in [1.29, 1.82) is 0 Å². The minimum absolute atomic E-state index is 0.131. The monoisotopic (exact) mass is 274 g/mol. The van der Waals surface area contributed by atoms with Crippen LogP contribution in [-0.4, -0.2) is 21.8 Å². The molecule has 20 heavy (non-hydrogen) atoms. The second kappa shape index (κ2) is 5.32. The first-order valence-corrected chi connectivity index (χ1v) is 6.59. The highest BCUT2D eigenvalue weighted by Crippen LogP contribution is 2.42. The van der Waals surface area contributed by atoms with Crippen LogP contribution in [0.25, 0.3) is 11.3 Å². The average Bonchev–Trinajstić information content (AvgIpc) is 2.81. The van der Waals surface area contributed by atoms with Crippen molar-refractivity contribution < 1.29 is 4.92 Å². The SMILES string of the molecule is CC.CN1Cc2cn(C)nc2-c2cccc([N+](=O)[O-])c21. The molecule has 2 aromatic rings. The third-order valence-electron chi connectivity index (χ3n) is 3.16. The molecule has 2 heterocycles. The van der Waals surface area contributed by atoms with E-state index < -0.39 is 0 Å². The van der Waals surface area contributed by atoms with Crippen LogP contribution in [0.2, 0.25) is 0 Å². The van der Waals surface area contributed by atoms with Gasteiger partial charge in [-0.05, 0) is 0 Å². The number of nitro groups is 1. The molecule has 6 heteroatoms. The van der Waals surface area contributed by atoms with Crippen LogP contribution < -0.4 is 4.90 Å². The molecule has 0 unspecified atom stereocenters. The third kappa shape index (κ3) is 2.13. The van der Waals surface area contributed by atoms with E-state index in [9.17, 15) is 10.1 Å². The van der Waals surface area contributed by atoms with E-state index >= 15 is 0 Å². The largest absolute Gasteiger partial charge is 0.364 e. The zero-order valence-electron chi connectivity index (χ0n) is 12.1. The summed E-state index contributed by atoms with van der Waals surface area (Å²) < 4.78 is 1.74. The minimum Gasteiger partial charge on any atom is -0.364 e. The van der Waals surface area contributed by atoms with Crippen molar-refractivity contribution in [3.05, 3.63) is 40.1 Å². The van der Waals surface area contributed by atoms with E-state index in [0.717, 1.165) is 16.8 Å². The Morgan fingerprint density at radius 1 is 1.30 bits per heavy atom. The average molecular weight is 274 g/mol. The Morgan fingerprint density at radius 3 is 2.65 bits per heavy atom. The van der Waals surface area contributed by atoms with E-state index in [1.807, 2.05) is 45.1 Å². The number of rotatable bonds is 1. The van der Waals surface area contributed by atoms with Gasteiger partial charge in [-0.3, -0.25) is 14.8 Å². The predicted molar refractivity (Wildman–Crippen MR) is 78.8 cm³/mol. The molecule has 3 rings (SSSR count). The van der Waals surface area contributed by atoms with Gasteiger partial charge in [0, 0.05) is 44.0 Å². The molecule has 0 N–H and O–H groups in total. The number of benzene rings is 1. The number of aromatic nitrogens is 2. The van der Waals surface area contributed by atoms with Gasteiger partial charge < -0.3 is 4.90 Å². The molecule has 0 fully saturated rings. The Labute approximate surface area is 117 Å². The summed E-state index contributed by atoms with van der Waals surface area (Å²) in [5, 5.41) is 15.5. The van der Waals surface area contributed by atoms with Crippen molar-refractivity contribution in [3.8, 4) is 11.3 Å². The molecule has 0 radical (unpaired) electrons. The molecular formula is C14H18N4O2. The van der Waals surface area contributed by atoms with Crippen LogP contribution in [0.1, 0.15) is 19.4 Å². The lowest BCUT2D eigenvalue weighted by atomic mass is 9.99. The quantitative estimate of drug-likeness (QED) is 0.592. The molecule has 0 spiro atoms. The number of hydrogen-bond acceptors (Lipinski definition) is 4. The first-order valence-electron chi connectivity index (χ1n) is 6.59. The molecule has 0 atom stereocenters. The van der Waals surface area contributed by atoms with Gasteiger partial charge in [0.25, 0.3) is 5.69 Å². The molecule has 106 valence electrons. The molecule has 1 aliphatic heterocycles. The number of aryl methyl sites for hydroxylation is 1. The first kappa shape index (κ1) is 14.0. The number of hydrogen-bond donors (Lipinski definition) is 0. The fourth-order valence-corrected chi connectivity index (χ4v) is 2.49. The predicted octanol–water partition coefficient (Wildman–Crippen LogP) is 2.97. The summed E-state index contributed by atoms with van der Waals surface area (Å²) in [5.41, 5.74) is 3.54. The summed E-state index contributed by atoms with van der Waals surface area (Å²) in [6, 6.07) is 5.11. The number of anilines is 1. The van der Waals surface area contributed by atoms with Gasteiger partial charge in [-0.2, -0.15) is 5.10 Å². The number of fused-ring (bicyclic) bond motifs is 3. The van der Waals surface area contributed by atoms with Crippen molar-refractivity contribution in [2.24, 2.45) is 7.05 Å². The van der Waals surface area contributed by atoms with Crippen molar-refractivity contribution >= 4 is 11.4 Å². The minimum atomic E-state index is -0.344. The maximum atomic E-state index is 11.1. The van der Waals surface area contributed by atoms with Gasteiger partial charge in [0.1, 0.15) is 5.69 Å². The summed E-state index contributed by atoms with van der Waals surface area (Å²) in [5.74, 6) is 0. The summed E-state index contributed by atoms with van der Waals surface area (Å²) in [7, 11) is 3.72. The Morgan fingerprint density at radius 2 is 2.00 bits per heavy atom. The summed E-state index contributed by atoms with van der Waals surface area (Å²) in [4.78, 5) is 12.6. The molecular weight excluding hydrogens is 256 g/mol. The van der Waals surface area contributed by atoms with Crippen molar-refractivity contribution in [2.75, 3.05) is 11.9 Å². The fourth-order valence-electron chi connectivity index (χ4n) is 2.49. The summed E-state index contributed by atoms with van der Waals surface area (Å²) in [6.07, 6.45) is 1.95. The smallest absolute Gasteiger partial charge is 0.293 e. The standard InChI is InChI=1S/C12H12N4O2.C2H6/c1-14-6-8-7-15(2)13-11(8)9-4-3-5-10(12(9)14)16(17)18;1-2/h3-5,7H,6H2,1-2H3;1-2H3. The molecule has 1 aromatic carbocycles. The topological polar surface area (TPSA) is 64.2 Å². The van der Waals surface area contributed by atoms with Crippen molar-refractivity contribution in [1.82, 2.24) is 9.78 Å². The maximum Gasteiger partial charge on any atom is 0.293 e. The molecule has 0 saturated carbocycles. The van der Waals surface area contributed by atoms with Crippen LogP contribution in [0.4, 0.5) is 11.4 Å². The van der Waals surface area contributed by atoms with Gasteiger partial charge in [0.15, 0.2) is 0 Å². The molecule has 1 aromatic heterocycles. The lowest BCUT2D eigenvalue weighted by Crippen LogP contribution is -2.22. The molecule has 0 aliphatic carbocycles. The van der Waals surface area contributed by atoms with Crippen molar-refractivity contribution in [2.45, 2.75) is 20.4 Å². The Bertz CT molecular complexity index is 649. The molecule has 0 bridgehead atoms. The van der Waals surface area contributed by atoms with Crippen LogP contribution in [0, 0.1) is 10.1 Å². The zero-order chi connectivity index (χ0) is 14.9. The van der Waals surface area contributed by atoms with E-state index in [1.165, 1.54) is 6.07 Å². The zero-order valence-corrected chi connectivity index (χ0v) is 12.1. The van der Waals surface area contributed by atoms with E-state index in [-0.39, 0.29) is 10.6 Å². The second-order valence-corrected chi connectivity index (χ2v) is 4.46. The van der Waals surface area contributed by atoms with Crippen LogP contribution >= 0.6 is 0 Å². The van der Waals surface area contributed by atoms with Gasteiger partial charge >= 0.3 is 0 Å². The first-order chi connectivity index (χ1) is 9.58. The van der Waals surface area contributed by atoms with Crippen molar-refractivity contribution in [3.63, 3.8) is 0 Å². The Hall–Kier alpha value is -2.37. The number of nitro benzene ring substituents is 1. The van der Waals surface area contributed by atoms with E-state index in [4.69, 9.17) is 0 Å². The Kier molecular flexibility index (Phi) is 3.74. The van der Waals surface area contributed by atoms with Crippen LogP contribution in [0.3, 0.4) is 0 Å². The highest BCUT2D eigenvalue weighted by Gasteiger charge is 2.29. The molecule has 0 amide bonds. The second-order valence-electron chi connectivity index (χ2n) is 4.46. The van der Waals surface area contributed by atoms with Gasteiger partial charge in [-0.25, -0.2) is 0 Å². The van der Waals surface area contributed by atoms with Crippen LogP contribution in [0.5, 0.6) is 0 Å². The lowest BCUT2D eigenvalue weighted by Gasteiger charge is -2.26. The molecule has 0 saturated heterocycles. The highest BCUT2D eigenvalue weighted by molar-refractivity contribution is 5.87. The number of nitrogens with zero attached hydrogens (tertiary/aromatic N) is 4. The van der Waals surface area contributed by atoms with Crippen LogP contribution in [0.15, 0.2) is 24.4 Å². The fraction of sp³-hybridized carbons (Fsp3) is 0.357. The number of para-hydroxylation sites is 1. The van der Waals surface area contributed by atoms with Gasteiger partial charge in [0.05, 0.1) is 10.6 Å². The lowest BCUT2D eigenvalue weighted by molar-refractivity contribution is -0.384. The van der Waals surface area contributed by atoms with Gasteiger partial charge in [0.2, 0.25) is 0 Å². The third-order valence-corrected chi connectivity index (χ3v) is 3.16. The summed E-state index contributed by atoms with van der Waals surface area (Å²) in [6.45, 7) is 4.64. The van der Waals surface area contributed by atoms with Crippen LogP contribution in [-0.2, 0) is 13.6 Å². The van der Waals surface area contributed by atoms with E-state index in [1.54, 1.807) is 10.7 Å². The van der Waals surface area contributed by atoms with Gasteiger partial charge in [-0.1, -0.05) is 26.0 Å². The Balaban J connectivity index is 0.000000704. The van der Waals surface area contributed by atoms with E-state index in [0.29, 0.717) is 12.2 Å². The summed E-state index contributed by atoms with van der Waals surface area (Å²) >= 11 is 0. The molecule has 6 nitrogen and oxygen atoms in total. The maximum absolute atomic E-state index is 11.1. The highest BCUT2D eigenvalue weighted by atomic mass is 16.6. The van der Waals surface area contributed by atoms with E-state index in [2.05, 4.69) is 5.10 Å². The molecule has 1 aliphatic rings. The van der Waals surface area contributed by atoms with Gasteiger partial charge in [-0.15, -0.1) is 0 Å². The normalized spacial score (nSPS) is 12.1.